The summed E-state index contributed by atoms with van der Waals surface area (Å²) in [4.78, 5) is 0.987. The summed E-state index contributed by atoms with van der Waals surface area (Å²) in [7, 11) is 0.829. The number of thiophene rings is 1. The smallest absolute Gasteiger partial charge is 0.198 e. The van der Waals surface area contributed by atoms with Gasteiger partial charge in [-0.25, -0.2) is 0 Å². The number of hydrogen-bond acceptors (Lipinski definition) is 3. The number of thiol groups is 1. The average Bonchev–Trinajstić information content (AvgIpc) is 3.87. The number of nitrogens with one attached hydrogen (secondary N) is 1. The van der Waals surface area contributed by atoms with Gasteiger partial charge in [0.2, 0.25) is 0 Å². The third-order valence-electron chi connectivity index (χ3n) is 14.8. The Morgan fingerprint density at radius 1 is 0.569 bits per heavy atom. The zero-order valence-electron chi connectivity index (χ0n) is 38.8. The maximum Gasteiger partial charge on any atom is 0.198 e. The lowest BCUT2D eigenvalue weighted by Crippen LogP contribution is -2.38. The summed E-state index contributed by atoms with van der Waals surface area (Å²) >= 11 is 7.17. The summed E-state index contributed by atoms with van der Waals surface area (Å²) in [6.45, 7) is 20.7. The summed E-state index contributed by atoms with van der Waals surface area (Å²) in [5.74, 6) is 0. The first-order valence-electron chi connectivity index (χ1n) is 23.1. The van der Waals surface area contributed by atoms with E-state index in [4.69, 9.17) is 12.6 Å². The molecule has 1 aliphatic carbocycles. The normalized spacial score (nSPS) is 13.9. The van der Waals surface area contributed by atoms with Gasteiger partial charge in [-0.3, -0.25) is 0 Å². The zero-order chi connectivity index (χ0) is 44.9. The third kappa shape index (κ3) is 6.15. The Morgan fingerprint density at radius 2 is 1.26 bits per heavy atom. The van der Waals surface area contributed by atoms with Gasteiger partial charge in [-0.2, -0.15) is 0 Å². The highest BCUT2D eigenvalue weighted by Gasteiger charge is 2.38. The molecule has 0 atom stereocenters. The van der Waals surface area contributed by atoms with Gasteiger partial charge in [-0.05, 0) is 127 Å². The molecule has 318 valence electrons. The topological polar surface area (TPSA) is 17.0 Å². The first kappa shape index (κ1) is 40.5. The van der Waals surface area contributed by atoms with E-state index in [0.717, 1.165) is 23.5 Å². The van der Waals surface area contributed by atoms with E-state index in [-0.39, 0.29) is 16.2 Å². The SMILES string of the molecule is Cc1ccccc1-c1cc2c3ccc(-c4cc5sc6cc(C(C)(C)C)ccc6c5cc4Nc4ccc(C(C)(C)C)cc4)c4c3n(c2cc1S)-c1cc2c(cc1B4)C(C)(C)c1ccccc1-2. The Labute approximate surface area is 393 Å². The number of nitrogens with zero attached hydrogens (tertiary/aromatic N) is 1. The monoisotopic (exact) mass is 876 g/mol. The number of anilines is 2. The lowest BCUT2D eigenvalue weighted by molar-refractivity contribution is 0.590. The van der Waals surface area contributed by atoms with Crippen molar-refractivity contribution in [2.75, 3.05) is 5.32 Å². The summed E-state index contributed by atoms with van der Waals surface area (Å²) in [5, 5.41) is 9.12. The largest absolute Gasteiger partial charge is 0.355 e. The molecule has 2 nitrogen and oxygen atoms in total. The number of rotatable bonds is 4. The van der Waals surface area contributed by atoms with Crippen molar-refractivity contribution in [3.8, 4) is 39.1 Å². The molecule has 0 radical (unpaired) electrons. The molecule has 0 saturated carbocycles. The van der Waals surface area contributed by atoms with E-state index in [1.54, 1.807) is 0 Å². The van der Waals surface area contributed by atoms with Gasteiger partial charge in [0.25, 0.3) is 0 Å². The van der Waals surface area contributed by atoms with Crippen LogP contribution in [0.15, 0.2) is 144 Å². The first-order valence-corrected chi connectivity index (χ1v) is 24.4. The minimum absolute atomic E-state index is 0.0703. The van der Waals surface area contributed by atoms with Gasteiger partial charge in [0.05, 0.1) is 5.52 Å². The zero-order valence-corrected chi connectivity index (χ0v) is 40.5. The third-order valence-corrected chi connectivity index (χ3v) is 16.3. The van der Waals surface area contributed by atoms with Gasteiger partial charge in [-0.15, -0.1) is 24.0 Å². The molecule has 1 aliphatic heterocycles. The molecular weight excluding hydrogens is 824 g/mol. The van der Waals surface area contributed by atoms with E-state index in [2.05, 4.69) is 212 Å². The molecule has 0 unspecified atom stereocenters. The highest BCUT2D eigenvalue weighted by molar-refractivity contribution is 7.80. The van der Waals surface area contributed by atoms with Crippen LogP contribution < -0.4 is 16.2 Å². The van der Waals surface area contributed by atoms with E-state index in [1.807, 2.05) is 11.3 Å². The molecule has 12 rings (SSSR count). The summed E-state index contributed by atoms with van der Waals surface area (Å²) < 4.78 is 5.22. The van der Waals surface area contributed by atoms with Crippen molar-refractivity contribution < 1.29 is 0 Å². The number of aryl methyl sites for hydroxylation is 1. The van der Waals surface area contributed by atoms with Gasteiger partial charge in [0, 0.05) is 69.4 Å². The quantitative estimate of drug-likeness (QED) is 0.133. The van der Waals surface area contributed by atoms with Crippen molar-refractivity contribution in [3.05, 3.63) is 167 Å². The van der Waals surface area contributed by atoms with Gasteiger partial charge < -0.3 is 9.88 Å². The minimum atomic E-state index is -0.103. The second-order valence-corrected chi connectivity index (χ2v) is 22.9. The Hall–Kier alpha value is -6.01. The molecule has 1 N–H and O–H groups in total. The van der Waals surface area contributed by atoms with Crippen LogP contribution in [-0.2, 0) is 16.2 Å². The predicted molar refractivity (Wildman–Crippen MR) is 288 cm³/mol. The van der Waals surface area contributed by atoms with Crippen LogP contribution in [0, 0.1) is 6.92 Å². The van der Waals surface area contributed by atoms with Crippen LogP contribution in [0.1, 0.15) is 83.2 Å². The van der Waals surface area contributed by atoms with Crippen LogP contribution in [0.2, 0.25) is 0 Å². The molecule has 2 aliphatic rings. The second kappa shape index (κ2) is 14.0. The van der Waals surface area contributed by atoms with Crippen LogP contribution in [0.4, 0.5) is 11.4 Å². The van der Waals surface area contributed by atoms with Crippen LogP contribution in [0.5, 0.6) is 0 Å². The van der Waals surface area contributed by atoms with Crippen LogP contribution in [0.3, 0.4) is 0 Å². The number of hydrogen-bond donors (Lipinski definition) is 2. The van der Waals surface area contributed by atoms with E-state index >= 15 is 0 Å². The molecule has 65 heavy (non-hydrogen) atoms. The highest BCUT2D eigenvalue weighted by atomic mass is 32.1. The molecule has 0 fully saturated rings. The Kier molecular flexibility index (Phi) is 8.72. The van der Waals surface area contributed by atoms with E-state index in [9.17, 15) is 0 Å². The fraction of sp³-hybridized carbons (Fsp3) is 0.200. The average molecular weight is 877 g/mol. The lowest BCUT2D eigenvalue weighted by Gasteiger charge is -2.27. The Balaban J connectivity index is 1.14. The molecular formula is C60H53BN2S2. The summed E-state index contributed by atoms with van der Waals surface area (Å²) in [6.07, 6.45) is 0. The Bertz CT molecular complexity index is 3660. The van der Waals surface area contributed by atoms with E-state index in [0.29, 0.717) is 0 Å². The summed E-state index contributed by atoms with van der Waals surface area (Å²) in [6, 6.07) is 53.4. The molecule has 2 aromatic heterocycles. The van der Waals surface area contributed by atoms with Crippen molar-refractivity contribution >= 4 is 95.5 Å². The first-order chi connectivity index (χ1) is 31.0. The maximum atomic E-state index is 5.26. The molecule has 0 amide bonds. The molecule has 0 bridgehead atoms. The molecule has 3 heterocycles. The van der Waals surface area contributed by atoms with Crippen molar-refractivity contribution in [1.29, 1.82) is 0 Å². The lowest BCUT2D eigenvalue weighted by atomic mass is 9.58. The van der Waals surface area contributed by atoms with Gasteiger partial charge >= 0.3 is 0 Å². The van der Waals surface area contributed by atoms with Crippen molar-refractivity contribution in [3.63, 3.8) is 0 Å². The molecule has 0 spiro atoms. The van der Waals surface area contributed by atoms with Crippen LogP contribution in [-0.4, -0.2) is 11.8 Å². The molecule has 0 saturated heterocycles. The minimum Gasteiger partial charge on any atom is -0.355 e. The van der Waals surface area contributed by atoms with Crippen LogP contribution in [0.25, 0.3) is 81.0 Å². The second-order valence-electron chi connectivity index (χ2n) is 21.3. The van der Waals surface area contributed by atoms with E-state index in [1.165, 1.54) is 120 Å². The molecule has 8 aromatic carbocycles. The predicted octanol–water partition coefficient (Wildman–Crippen LogP) is 15.4. The highest BCUT2D eigenvalue weighted by Crippen LogP contribution is 2.50. The Morgan fingerprint density at radius 3 is 2.02 bits per heavy atom. The van der Waals surface area contributed by atoms with E-state index < -0.39 is 0 Å². The van der Waals surface area contributed by atoms with Crippen molar-refractivity contribution in [1.82, 2.24) is 4.57 Å². The fourth-order valence-corrected chi connectivity index (χ4v) is 12.6. The van der Waals surface area contributed by atoms with Crippen molar-refractivity contribution in [2.24, 2.45) is 0 Å². The molecule has 10 aromatic rings. The number of aromatic nitrogens is 1. The van der Waals surface area contributed by atoms with Gasteiger partial charge in [0.1, 0.15) is 0 Å². The number of benzene rings is 8. The maximum absolute atomic E-state index is 5.26. The fourth-order valence-electron chi connectivity index (χ4n) is 11.1. The standard InChI is InChI=1S/C60H53BN2S2/c1-33-14-10-11-15-37(33)45-27-44-41-25-24-40(56-57(41)63(51(44)32-53(45)64)52-29-42-38-16-12-13-17-47(38)60(8,9)48(42)31-49(52)61-56)43-30-55-46(39-23-20-35(59(5,6)7)26-54(39)65-55)28-50(43)62-36-21-18-34(19-22-36)58(2,3)4/h10-32,61-62,64H,1-9H3. The van der Waals surface area contributed by atoms with Crippen LogP contribution >= 0.6 is 24.0 Å². The van der Waals surface area contributed by atoms with Gasteiger partial charge in [0.15, 0.2) is 7.28 Å². The number of fused-ring (bicyclic) bond motifs is 11. The summed E-state index contributed by atoms with van der Waals surface area (Å²) in [5.41, 5.74) is 23.0. The van der Waals surface area contributed by atoms with Crippen molar-refractivity contribution in [2.45, 2.75) is 83.5 Å². The molecule has 5 heteroatoms. The van der Waals surface area contributed by atoms with Gasteiger partial charge in [-0.1, -0.05) is 152 Å².